The van der Waals surface area contributed by atoms with Crippen molar-refractivity contribution in [2.75, 3.05) is 5.43 Å². The molecule has 1 aromatic heterocycles. The van der Waals surface area contributed by atoms with Gasteiger partial charge in [-0.1, -0.05) is 65.3 Å². The van der Waals surface area contributed by atoms with Crippen molar-refractivity contribution in [1.29, 1.82) is 0 Å². The van der Waals surface area contributed by atoms with Gasteiger partial charge in [-0.3, -0.25) is 4.79 Å². The number of carbonyl (C=O) groups excluding carboxylic acids is 1. The van der Waals surface area contributed by atoms with Crippen LogP contribution in [0.25, 0.3) is 0 Å². The van der Waals surface area contributed by atoms with Gasteiger partial charge in [0.25, 0.3) is 0 Å². The Labute approximate surface area is 172 Å². The second-order valence-electron chi connectivity index (χ2n) is 6.77. The number of carbonyl (C=O) groups is 1. The van der Waals surface area contributed by atoms with Crippen LogP contribution in [0.1, 0.15) is 28.6 Å². The summed E-state index contributed by atoms with van der Waals surface area (Å²) in [6.45, 7) is 4.40. The summed E-state index contributed by atoms with van der Waals surface area (Å²) in [5.41, 5.74) is 6.62. The molecule has 0 bridgehead atoms. The van der Waals surface area contributed by atoms with E-state index < -0.39 is 0 Å². The molecule has 2 atom stereocenters. The van der Waals surface area contributed by atoms with Gasteiger partial charge >= 0.3 is 0 Å². The van der Waals surface area contributed by atoms with Crippen LogP contribution in [0.2, 0.25) is 5.02 Å². The van der Waals surface area contributed by atoms with E-state index in [2.05, 4.69) is 20.9 Å². The van der Waals surface area contributed by atoms with Gasteiger partial charge in [0.05, 0.1) is 6.04 Å². The zero-order chi connectivity index (χ0) is 19.7. The van der Waals surface area contributed by atoms with Crippen LogP contribution in [-0.2, 0) is 11.3 Å². The molecule has 144 valence electrons. The highest BCUT2D eigenvalue weighted by Gasteiger charge is 2.37. The molecule has 0 saturated carbocycles. The second-order valence-corrected chi connectivity index (χ2v) is 8.31. The van der Waals surface area contributed by atoms with Gasteiger partial charge in [0, 0.05) is 11.6 Å². The van der Waals surface area contributed by atoms with Crippen LogP contribution in [0.5, 0.6) is 0 Å². The molecule has 0 saturated heterocycles. The van der Waals surface area contributed by atoms with Crippen molar-refractivity contribution in [3.8, 4) is 0 Å². The van der Waals surface area contributed by atoms with E-state index in [1.807, 2.05) is 67.1 Å². The number of hydrogen-bond donors (Lipinski definition) is 2. The van der Waals surface area contributed by atoms with Gasteiger partial charge in [-0.15, -0.1) is 10.2 Å². The first-order chi connectivity index (χ1) is 13.5. The SMILES string of the molecule is Cc1ccc(CNC(=O)C2Sc3nnc(C)n3NC2c2ccc(Cl)cc2)cc1. The Hall–Kier alpha value is -2.51. The Kier molecular flexibility index (Phi) is 5.28. The van der Waals surface area contributed by atoms with Gasteiger partial charge in [0.15, 0.2) is 0 Å². The third kappa shape index (κ3) is 3.86. The van der Waals surface area contributed by atoms with Crippen molar-refractivity contribution in [3.05, 3.63) is 76.1 Å². The molecule has 0 aliphatic carbocycles. The lowest BCUT2D eigenvalue weighted by Crippen LogP contribution is -2.44. The number of nitrogens with one attached hydrogen (secondary N) is 2. The molecule has 2 heterocycles. The number of hydrogen-bond acceptors (Lipinski definition) is 5. The summed E-state index contributed by atoms with van der Waals surface area (Å²) in [6.07, 6.45) is 0. The van der Waals surface area contributed by atoms with Gasteiger partial charge in [-0.25, -0.2) is 4.68 Å². The third-order valence-corrected chi connectivity index (χ3v) is 6.14. The van der Waals surface area contributed by atoms with Crippen molar-refractivity contribution in [3.63, 3.8) is 0 Å². The summed E-state index contributed by atoms with van der Waals surface area (Å²) in [7, 11) is 0. The van der Waals surface area contributed by atoms with Crippen molar-refractivity contribution in [1.82, 2.24) is 20.2 Å². The maximum Gasteiger partial charge on any atom is 0.236 e. The number of fused-ring (bicyclic) bond motifs is 1. The molecule has 6 nitrogen and oxygen atoms in total. The molecule has 2 N–H and O–H groups in total. The van der Waals surface area contributed by atoms with Crippen LogP contribution in [0.3, 0.4) is 0 Å². The topological polar surface area (TPSA) is 71.8 Å². The molecule has 4 rings (SSSR count). The molecule has 3 aromatic rings. The fraction of sp³-hybridized carbons (Fsp3) is 0.250. The monoisotopic (exact) mass is 413 g/mol. The second kappa shape index (κ2) is 7.85. The summed E-state index contributed by atoms with van der Waals surface area (Å²) in [6, 6.07) is 15.4. The van der Waals surface area contributed by atoms with E-state index in [-0.39, 0.29) is 17.2 Å². The highest BCUT2D eigenvalue weighted by atomic mass is 35.5. The van der Waals surface area contributed by atoms with Crippen molar-refractivity contribution in [2.45, 2.75) is 36.8 Å². The van der Waals surface area contributed by atoms with Crippen LogP contribution in [0.4, 0.5) is 0 Å². The molecule has 0 radical (unpaired) electrons. The van der Waals surface area contributed by atoms with Crippen molar-refractivity contribution >= 4 is 29.3 Å². The number of amides is 1. The third-order valence-electron chi connectivity index (χ3n) is 4.67. The van der Waals surface area contributed by atoms with Gasteiger partial charge in [0.2, 0.25) is 11.1 Å². The number of aromatic nitrogens is 3. The van der Waals surface area contributed by atoms with Crippen LogP contribution in [0.15, 0.2) is 53.7 Å². The molecule has 2 unspecified atom stereocenters. The van der Waals surface area contributed by atoms with E-state index in [9.17, 15) is 4.79 Å². The molecule has 8 heteroatoms. The maximum absolute atomic E-state index is 13.1. The lowest BCUT2D eigenvalue weighted by atomic mass is 10.0. The Morgan fingerprint density at radius 2 is 1.86 bits per heavy atom. The van der Waals surface area contributed by atoms with E-state index in [0.29, 0.717) is 16.7 Å². The first-order valence-electron chi connectivity index (χ1n) is 8.95. The molecule has 0 spiro atoms. The average molecular weight is 414 g/mol. The largest absolute Gasteiger partial charge is 0.351 e. The molecule has 28 heavy (non-hydrogen) atoms. The van der Waals surface area contributed by atoms with E-state index in [0.717, 1.165) is 17.0 Å². The Bertz CT molecular complexity index is 987. The van der Waals surface area contributed by atoms with Gasteiger partial charge in [-0.2, -0.15) is 0 Å². The van der Waals surface area contributed by atoms with Crippen LogP contribution >= 0.6 is 23.4 Å². The number of aryl methyl sites for hydroxylation is 2. The minimum Gasteiger partial charge on any atom is -0.351 e. The van der Waals surface area contributed by atoms with Crippen molar-refractivity contribution < 1.29 is 4.79 Å². The number of thioether (sulfide) groups is 1. The Balaban J connectivity index is 1.57. The Morgan fingerprint density at radius 3 is 2.57 bits per heavy atom. The number of rotatable bonds is 4. The average Bonchev–Trinajstić information content (AvgIpc) is 3.07. The van der Waals surface area contributed by atoms with Crippen molar-refractivity contribution in [2.24, 2.45) is 0 Å². The van der Waals surface area contributed by atoms with Gasteiger partial charge < -0.3 is 10.7 Å². The lowest BCUT2D eigenvalue weighted by molar-refractivity contribution is -0.121. The quantitative estimate of drug-likeness (QED) is 0.683. The minimum atomic E-state index is -0.386. The summed E-state index contributed by atoms with van der Waals surface area (Å²) >= 11 is 7.45. The maximum atomic E-state index is 13.1. The van der Waals surface area contributed by atoms with E-state index in [4.69, 9.17) is 11.6 Å². The smallest absolute Gasteiger partial charge is 0.236 e. The molecule has 1 aliphatic heterocycles. The normalized spacial score (nSPS) is 18.2. The molecular formula is C20H20ClN5OS. The predicted molar refractivity (Wildman–Crippen MR) is 111 cm³/mol. The number of halogens is 1. The molecule has 2 aromatic carbocycles. The number of benzene rings is 2. The molecule has 0 fully saturated rings. The van der Waals surface area contributed by atoms with E-state index >= 15 is 0 Å². The summed E-state index contributed by atoms with van der Waals surface area (Å²) in [5, 5.41) is 12.3. The summed E-state index contributed by atoms with van der Waals surface area (Å²) in [5.74, 6) is 0.699. The van der Waals surface area contributed by atoms with Crippen LogP contribution in [-0.4, -0.2) is 26.0 Å². The summed E-state index contributed by atoms with van der Waals surface area (Å²) in [4.78, 5) is 13.1. The Morgan fingerprint density at radius 1 is 1.14 bits per heavy atom. The lowest BCUT2D eigenvalue weighted by Gasteiger charge is -2.32. The zero-order valence-electron chi connectivity index (χ0n) is 15.5. The molecule has 1 aliphatic rings. The van der Waals surface area contributed by atoms with Gasteiger partial charge in [-0.05, 0) is 37.1 Å². The minimum absolute atomic E-state index is 0.0510. The highest BCUT2D eigenvalue weighted by Crippen LogP contribution is 2.37. The fourth-order valence-electron chi connectivity index (χ4n) is 3.08. The zero-order valence-corrected chi connectivity index (χ0v) is 17.1. The van der Waals surface area contributed by atoms with E-state index in [1.165, 1.54) is 17.3 Å². The number of nitrogens with zero attached hydrogens (tertiary/aromatic N) is 3. The van der Waals surface area contributed by atoms with Crippen LogP contribution < -0.4 is 10.7 Å². The molecule has 1 amide bonds. The first-order valence-corrected chi connectivity index (χ1v) is 10.2. The van der Waals surface area contributed by atoms with Crippen LogP contribution in [0, 0.1) is 13.8 Å². The van der Waals surface area contributed by atoms with E-state index in [1.54, 1.807) is 0 Å². The standard InChI is InChI=1S/C20H20ClN5OS/c1-12-3-5-14(6-4-12)11-22-19(27)18-17(15-7-9-16(21)10-8-15)25-26-13(2)23-24-20(26)28-18/h3-10,17-18,25H,11H2,1-2H3,(H,22,27). The fourth-order valence-corrected chi connectivity index (χ4v) is 4.35. The predicted octanol–water partition coefficient (Wildman–Crippen LogP) is 3.62. The highest BCUT2D eigenvalue weighted by molar-refractivity contribution is 8.00. The first kappa shape index (κ1) is 18.8. The molecular weight excluding hydrogens is 394 g/mol. The van der Waals surface area contributed by atoms with Gasteiger partial charge in [0.1, 0.15) is 11.1 Å². The summed E-state index contributed by atoms with van der Waals surface area (Å²) < 4.78 is 1.83.